The van der Waals surface area contributed by atoms with Gasteiger partial charge in [-0.1, -0.05) is 13.8 Å². The van der Waals surface area contributed by atoms with Crippen molar-refractivity contribution < 1.29 is 8.78 Å². The average molecular weight is 253 g/mol. The Morgan fingerprint density at radius 3 is 2.50 bits per heavy atom. The summed E-state index contributed by atoms with van der Waals surface area (Å²) in [6, 6.07) is 3.31. The normalized spacial score (nSPS) is 16.1. The maximum atomic E-state index is 13.9. The van der Waals surface area contributed by atoms with Crippen LogP contribution < -0.4 is 5.32 Å². The number of benzene rings is 1. The van der Waals surface area contributed by atoms with Gasteiger partial charge in [0.2, 0.25) is 0 Å². The molecule has 1 aromatic rings. The maximum absolute atomic E-state index is 13.9. The predicted octanol–water partition coefficient (Wildman–Crippen LogP) is 3.69. The van der Waals surface area contributed by atoms with E-state index in [1.54, 1.807) is 13.0 Å². The molecule has 0 amide bonds. The molecule has 1 aromatic carbocycles. The highest BCUT2D eigenvalue weighted by atomic mass is 19.1. The number of hydrogen-bond acceptors (Lipinski definition) is 1. The van der Waals surface area contributed by atoms with Gasteiger partial charge in [-0.3, -0.25) is 0 Å². The lowest BCUT2D eigenvalue weighted by Gasteiger charge is -2.26. The Balaban J connectivity index is 2.09. The molecule has 0 saturated heterocycles. The fourth-order valence-electron chi connectivity index (χ4n) is 2.19. The molecule has 0 radical (unpaired) electrons. The van der Waals surface area contributed by atoms with Gasteiger partial charge in [0.15, 0.2) is 0 Å². The van der Waals surface area contributed by atoms with Crippen molar-refractivity contribution in [2.24, 2.45) is 0 Å². The van der Waals surface area contributed by atoms with Gasteiger partial charge in [-0.15, -0.1) is 0 Å². The van der Waals surface area contributed by atoms with Gasteiger partial charge in [-0.05, 0) is 55.3 Å². The van der Waals surface area contributed by atoms with Crippen molar-refractivity contribution in [1.29, 1.82) is 0 Å². The zero-order valence-corrected chi connectivity index (χ0v) is 11.3. The van der Waals surface area contributed by atoms with Crippen LogP contribution >= 0.6 is 0 Å². The third-order valence-electron chi connectivity index (χ3n) is 3.74. The van der Waals surface area contributed by atoms with Crippen molar-refractivity contribution in [3.05, 3.63) is 34.9 Å². The molecule has 3 heteroatoms. The summed E-state index contributed by atoms with van der Waals surface area (Å²) >= 11 is 0. The summed E-state index contributed by atoms with van der Waals surface area (Å²) in [5, 5.41) is 3.43. The standard InChI is InChI=1S/C15H21F2N/c1-10-8-12(14(17)9-13(10)16)15(2,3)6-7-18-11-4-5-11/h8-9,11,18H,4-7H2,1-3H3. The highest BCUT2D eigenvalue weighted by Crippen LogP contribution is 2.31. The third kappa shape index (κ3) is 3.08. The van der Waals surface area contributed by atoms with Crippen LogP contribution in [0.25, 0.3) is 0 Å². The van der Waals surface area contributed by atoms with E-state index in [9.17, 15) is 8.78 Å². The minimum Gasteiger partial charge on any atom is -0.314 e. The van der Waals surface area contributed by atoms with Gasteiger partial charge in [0.25, 0.3) is 0 Å². The molecule has 2 rings (SSSR count). The minimum atomic E-state index is -0.469. The van der Waals surface area contributed by atoms with E-state index in [4.69, 9.17) is 0 Å². The van der Waals surface area contributed by atoms with E-state index in [-0.39, 0.29) is 5.41 Å². The van der Waals surface area contributed by atoms with Crippen LogP contribution in [0.3, 0.4) is 0 Å². The van der Waals surface area contributed by atoms with E-state index in [0.717, 1.165) is 19.0 Å². The smallest absolute Gasteiger partial charge is 0.129 e. The Hall–Kier alpha value is -0.960. The van der Waals surface area contributed by atoms with Crippen LogP contribution in [0.4, 0.5) is 8.78 Å². The van der Waals surface area contributed by atoms with Gasteiger partial charge in [-0.2, -0.15) is 0 Å². The Labute approximate surface area is 108 Å². The van der Waals surface area contributed by atoms with Crippen molar-refractivity contribution in [3.63, 3.8) is 0 Å². The third-order valence-corrected chi connectivity index (χ3v) is 3.74. The molecule has 0 aliphatic heterocycles. The van der Waals surface area contributed by atoms with Gasteiger partial charge in [-0.25, -0.2) is 8.78 Å². The Morgan fingerprint density at radius 2 is 1.89 bits per heavy atom. The second-order valence-corrected chi connectivity index (χ2v) is 5.94. The predicted molar refractivity (Wildman–Crippen MR) is 69.8 cm³/mol. The number of rotatable bonds is 5. The van der Waals surface area contributed by atoms with Crippen LogP contribution in [0.2, 0.25) is 0 Å². The van der Waals surface area contributed by atoms with Crippen LogP contribution in [-0.4, -0.2) is 12.6 Å². The van der Waals surface area contributed by atoms with Crippen molar-refractivity contribution in [3.8, 4) is 0 Å². The summed E-state index contributed by atoms with van der Waals surface area (Å²) in [7, 11) is 0. The lowest BCUT2D eigenvalue weighted by molar-refractivity contribution is 0.430. The van der Waals surface area contributed by atoms with E-state index in [0.29, 0.717) is 17.2 Å². The van der Waals surface area contributed by atoms with E-state index in [1.807, 2.05) is 13.8 Å². The molecular weight excluding hydrogens is 232 g/mol. The van der Waals surface area contributed by atoms with Crippen molar-refractivity contribution in [2.45, 2.75) is 51.5 Å². The molecule has 1 saturated carbocycles. The quantitative estimate of drug-likeness (QED) is 0.843. The molecule has 0 atom stereocenters. The number of hydrogen-bond donors (Lipinski definition) is 1. The molecule has 100 valence electrons. The molecule has 0 unspecified atom stereocenters. The summed E-state index contributed by atoms with van der Waals surface area (Å²) in [5.74, 6) is -0.905. The lowest BCUT2D eigenvalue weighted by Crippen LogP contribution is -2.27. The number of halogens is 2. The van der Waals surface area contributed by atoms with Crippen LogP contribution in [0.1, 0.15) is 44.2 Å². The highest BCUT2D eigenvalue weighted by Gasteiger charge is 2.26. The molecular formula is C15H21F2N. The summed E-state index contributed by atoms with van der Waals surface area (Å²) in [4.78, 5) is 0. The second kappa shape index (κ2) is 4.96. The molecule has 0 spiro atoms. The first-order valence-corrected chi connectivity index (χ1v) is 6.59. The van der Waals surface area contributed by atoms with Crippen LogP contribution in [0.5, 0.6) is 0 Å². The van der Waals surface area contributed by atoms with Crippen LogP contribution in [0, 0.1) is 18.6 Å². The van der Waals surface area contributed by atoms with Gasteiger partial charge >= 0.3 is 0 Å². The highest BCUT2D eigenvalue weighted by molar-refractivity contribution is 5.31. The van der Waals surface area contributed by atoms with E-state index < -0.39 is 11.6 Å². The fourth-order valence-corrected chi connectivity index (χ4v) is 2.19. The molecule has 1 N–H and O–H groups in total. The zero-order chi connectivity index (χ0) is 13.3. The number of aryl methyl sites for hydroxylation is 1. The molecule has 1 fully saturated rings. The van der Waals surface area contributed by atoms with E-state index in [2.05, 4.69) is 5.32 Å². The Kier molecular flexibility index (Phi) is 3.71. The SMILES string of the molecule is Cc1cc(C(C)(C)CCNC2CC2)c(F)cc1F. The molecule has 18 heavy (non-hydrogen) atoms. The maximum Gasteiger partial charge on any atom is 0.129 e. The monoisotopic (exact) mass is 253 g/mol. The van der Waals surface area contributed by atoms with Crippen molar-refractivity contribution in [2.75, 3.05) is 6.54 Å². The molecule has 1 aliphatic rings. The Bertz CT molecular complexity index is 436. The molecule has 1 aliphatic carbocycles. The molecule has 0 heterocycles. The molecule has 0 bridgehead atoms. The fraction of sp³-hybridized carbons (Fsp3) is 0.600. The lowest BCUT2D eigenvalue weighted by atomic mass is 9.80. The summed E-state index contributed by atoms with van der Waals surface area (Å²) in [6.45, 7) is 6.58. The van der Waals surface area contributed by atoms with Crippen molar-refractivity contribution >= 4 is 0 Å². The largest absolute Gasteiger partial charge is 0.314 e. The first kappa shape index (κ1) is 13.5. The van der Waals surface area contributed by atoms with Gasteiger partial charge in [0, 0.05) is 12.1 Å². The van der Waals surface area contributed by atoms with Crippen molar-refractivity contribution in [1.82, 2.24) is 5.32 Å². The van der Waals surface area contributed by atoms with E-state index in [1.165, 1.54) is 12.8 Å². The summed E-state index contributed by atoms with van der Waals surface area (Å²) in [6.07, 6.45) is 3.36. The Morgan fingerprint density at radius 1 is 1.22 bits per heavy atom. The molecule has 0 aromatic heterocycles. The first-order chi connectivity index (χ1) is 8.40. The van der Waals surface area contributed by atoms with Gasteiger partial charge in [0.1, 0.15) is 11.6 Å². The van der Waals surface area contributed by atoms with E-state index >= 15 is 0 Å². The van der Waals surface area contributed by atoms with Crippen LogP contribution in [-0.2, 0) is 5.41 Å². The molecule has 1 nitrogen and oxygen atoms in total. The van der Waals surface area contributed by atoms with Gasteiger partial charge in [0.05, 0.1) is 0 Å². The van der Waals surface area contributed by atoms with Gasteiger partial charge < -0.3 is 5.32 Å². The second-order valence-electron chi connectivity index (χ2n) is 5.94. The average Bonchev–Trinajstić information content (AvgIpc) is 3.07. The van der Waals surface area contributed by atoms with Crippen LogP contribution in [0.15, 0.2) is 12.1 Å². The first-order valence-electron chi connectivity index (χ1n) is 6.59. The summed E-state index contributed by atoms with van der Waals surface area (Å²) < 4.78 is 27.1. The number of nitrogens with one attached hydrogen (secondary N) is 1. The zero-order valence-electron chi connectivity index (χ0n) is 11.3. The minimum absolute atomic E-state index is 0.273. The topological polar surface area (TPSA) is 12.0 Å². The summed E-state index contributed by atoms with van der Waals surface area (Å²) in [5.41, 5.74) is 0.846.